The largest absolute Gasteiger partial charge is 0.396 e. The highest BCUT2D eigenvalue weighted by Gasteiger charge is 2.12. The monoisotopic (exact) mass is 396 g/mol. The number of rotatable bonds is 8. The topological polar surface area (TPSA) is 96.7 Å². The van der Waals surface area contributed by atoms with Crippen molar-refractivity contribution in [3.05, 3.63) is 71.7 Å². The summed E-state index contributed by atoms with van der Waals surface area (Å²) in [6.45, 7) is 2.61. The second-order valence-electron chi connectivity index (χ2n) is 6.86. The summed E-state index contributed by atoms with van der Waals surface area (Å²) in [6.07, 6.45) is 1.24. The molecule has 0 aliphatic carbocycles. The molecule has 7 heteroatoms. The van der Waals surface area contributed by atoms with Crippen molar-refractivity contribution < 1.29 is 14.0 Å². The molecule has 0 fully saturated rings. The van der Waals surface area contributed by atoms with Gasteiger partial charge in [-0.25, -0.2) is 4.39 Å². The fourth-order valence-electron chi connectivity index (χ4n) is 3.02. The van der Waals surface area contributed by atoms with Gasteiger partial charge in [0, 0.05) is 24.8 Å². The number of aromatic nitrogens is 1. The number of aliphatic hydroxyl groups excluding tert-OH is 1. The van der Waals surface area contributed by atoms with Crippen LogP contribution in [-0.2, 0) is 6.42 Å². The molecule has 0 amide bonds. The molecule has 0 radical (unpaired) electrons. The van der Waals surface area contributed by atoms with Gasteiger partial charge in [-0.1, -0.05) is 54.5 Å². The fourth-order valence-corrected chi connectivity index (χ4v) is 3.02. The number of nitrogens with zero attached hydrogens (tertiary/aromatic N) is 2. The average molecular weight is 396 g/mol. The third-order valence-electron chi connectivity index (χ3n) is 4.59. The molecule has 1 heterocycles. The molecule has 2 aromatic carbocycles. The van der Waals surface area contributed by atoms with Crippen LogP contribution >= 0.6 is 0 Å². The van der Waals surface area contributed by atoms with Crippen LogP contribution in [0.4, 0.5) is 10.3 Å². The van der Waals surface area contributed by atoms with E-state index in [-0.39, 0.29) is 24.3 Å². The number of guanidine groups is 1. The van der Waals surface area contributed by atoms with E-state index in [0.29, 0.717) is 30.8 Å². The van der Waals surface area contributed by atoms with Gasteiger partial charge in [-0.2, -0.15) is 0 Å². The van der Waals surface area contributed by atoms with Crippen LogP contribution in [0, 0.1) is 5.82 Å². The first-order valence-corrected chi connectivity index (χ1v) is 9.55. The molecule has 0 aliphatic rings. The van der Waals surface area contributed by atoms with Gasteiger partial charge >= 0.3 is 0 Å². The molecule has 0 spiro atoms. The highest BCUT2D eigenvalue weighted by molar-refractivity contribution is 5.90. The molecule has 1 aromatic heterocycles. The SMILES string of the molecule is CC(Cc1cc(NC(N)=NCCCO)on1)c1ccc(-c2ccccc2F)cc1. The van der Waals surface area contributed by atoms with Crippen LogP contribution in [-0.4, -0.2) is 29.4 Å². The number of hydrogen-bond acceptors (Lipinski definition) is 4. The van der Waals surface area contributed by atoms with Crippen molar-refractivity contribution in [1.29, 1.82) is 0 Å². The number of benzene rings is 2. The van der Waals surface area contributed by atoms with E-state index in [1.165, 1.54) is 6.07 Å². The summed E-state index contributed by atoms with van der Waals surface area (Å²) in [5.41, 5.74) is 9.13. The van der Waals surface area contributed by atoms with Crippen molar-refractivity contribution in [3.8, 4) is 11.1 Å². The number of aliphatic hydroxyl groups is 1. The van der Waals surface area contributed by atoms with E-state index in [2.05, 4.69) is 22.4 Å². The Bertz CT molecular complexity index is 953. The van der Waals surface area contributed by atoms with Crippen molar-refractivity contribution in [2.24, 2.45) is 10.7 Å². The van der Waals surface area contributed by atoms with Crippen molar-refractivity contribution in [2.75, 3.05) is 18.5 Å². The Labute approximate surface area is 169 Å². The zero-order chi connectivity index (χ0) is 20.6. The Balaban J connectivity index is 1.61. The second kappa shape index (κ2) is 9.84. The lowest BCUT2D eigenvalue weighted by Gasteiger charge is -2.11. The molecule has 0 saturated heterocycles. The van der Waals surface area contributed by atoms with Gasteiger partial charge in [0.25, 0.3) is 0 Å². The molecule has 0 aliphatic heterocycles. The standard InChI is InChI=1S/C22H25FN4O2/c1-15(13-18-14-21(29-27-18)26-22(24)25-11-4-12-28)16-7-9-17(10-8-16)19-5-2-3-6-20(19)23/h2-3,5-10,14-15,28H,4,11-13H2,1H3,(H3,24,25,26). The third kappa shape index (κ3) is 5.65. The lowest BCUT2D eigenvalue weighted by Crippen LogP contribution is -2.22. The van der Waals surface area contributed by atoms with E-state index in [1.807, 2.05) is 30.3 Å². The van der Waals surface area contributed by atoms with Crippen molar-refractivity contribution >= 4 is 11.8 Å². The number of nitrogens with two attached hydrogens (primary N) is 1. The molecule has 0 bridgehead atoms. The van der Waals surface area contributed by atoms with Gasteiger partial charge < -0.3 is 15.4 Å². The summed E-state index contributed by atoms with van der Waals surface area (Å²) in [5.74, 6) is 0.624. The predicted molar refractivity (Wildman–Crippen MR) is 112 cm³/mol. The third-order valence-corrected chi connectivity index (χ3v) is 4.59. The summed E-state index contributed by atoms with van der Waals surface area (Å²) in [6, 6.07) is 16.4. The van der Waals surface area contributed by atoms with Gasteiger partial charge in [0.15, 0.2) is 5.96 Å². The fraction of sp³-hybridized carbons (Fsp3) is 0.273. The summed E-state index contributed by atoms with van der Waals surface area (Å²) in [4.78, 5) is 4.08. The molecule has 3 rings (SSSR count). The molecular weight excluding hydrogens is 371 g/mol. The molecule has 1 atom stereocenters. The van der Waals surface area contributed by atoms with E-state index >= 15 is 0 Å². The van der Waals surface area contributed by atoms with Gasteiger partial charge in [-0.05, 0) is 36.0 Å². The van der Waals surface area contributed by atoms with E-state index in [4.69, 9.17) is 15.4 Å². The summed E-state index contributed by atoms with van der Waals surface area (Å²) in [7, 11) is 0. The minimum Gasteiger partial charge on any atom is -0.396 e. The first-order chi connectivity index (χ1) is 14.1. The Morgan fingerprint density at radius 3 is 2.72 bits per heavy atom. The number of hydrogen-bond donors (Lipinski definition) is 3. The van der Waals surface area contributed by atoms with E-state index in [1.54, 1.807) is 18.2 Å². The number of anilines is 1. The first kappa shape index (κ1) is 20.5. The molecule has 4 N–H and O–H groups in total. The van der Waals surface area contributed by atoms with Gasteiger partial charge in [-0.3, -0.25) is 10.3 Å². The normalized spacial score (nSPS) is 12.7. The maximum atomic E-state index is 13.9. The number of nitrogens with one attached hydrogen (secondary N) is 1. The number of aliphatic imine (C=N–C) groups is 1. The van der Waals surface area contributed by atoms with Crippen LogP contribution < -0.4 is 11.1 Å². The molecule has 1 unspecified atom stereocenters. The zero-order valence-electron chi connectivity index (χ0n) is 16.3. The van der Waals surface area contributed by atoms with Gasteiger partial charge in [0.05, 0.1) is 5.69 Å². The molecule has 152 valence electrons. The van der Waals surface area contributed by atoms with Crippen molar-refractivity contribution in [3.63, 3.8) is 0 Å². The second-order valence-corrected chi connectivity index (χ2v) is 6.86. The van der Waals surface area contributed by atoms with Crippen LogP contribution in [0.25, 0.3) is 11.1 Å². The first-order valence-electron chi connectivity index (χ1n) is 9.55. The highest BCUT2D eigenvalue weighted by atomic mass is 19.1. The highest BCUT2D eigenvalue weighted by Crippen LogP contribution is 2.26. The van der Waals surface area contributed by atoms with Gasteiger partial charge in [0.2, 0.25) is 5.88 Å². The minimum atomic E-state index is -0.227. The van der Waals surface area contributed by atoms with Crippen molar-refractivity contribution in [1.82, 2.24) is 5.16 Å². The molecule has 6 nitrogen and oxygen atoms in total. The zero-order valence-corrected chi connectivity index (χ0v) is 16.3. The van der Waals surface area contributed by atoms with Gasteiger partial charge in [-0.15, -0.1) is 0 Å². The molecule has 3 aromatic rings. The van der Waals surface area contributed by atoms with Crippen molar-refractivity contribution in [2.45, 2.75) is 25.7 Å². The smallest absolute Gasteiger partial charge is 0.231 e. The quantitative estimate of drug-likeness (QED) is 0.304. The maximum Gasteiger partial charge on any atom is 0.231 e. The van der Waals surface area contributed by atoms with Crippen LogP contribution in [0.3, 0.4) is 0 Å². The Kier molecular flexibility index (Phi) is 6.97. The minimum absolute atomic E-state index is 0.0718. The van der Waals surface area contributed by atoms with E-state index in [9.17, 15) is 4.39 Å². The summed E-state index contributed by atoms with van der Waals surface area (Å²) in [5, 5.41) is 15.7. The lowest BCUT2D eigenvalue weighted by molar-refractivity contribution is 0.291. The van der Waals surface area contributed by atoms with Crippen LogP contribution in [0.1, 0.15) is 30.5 Å². The Hall–Kier alpha value is -3.19. The van der Waals surface area contributed by atoms with Gasteiger partial charge in [0.1, 0.15) is 5.82 Å². The van der Waals surface area contributed by atoms with Crippen LogP contribution in [0.5, 0.6) is 0 Å². The Morgan fingerprint density at radius 2 is 2.00 bits per heavy atom. The number of halogens is 1. The van der Waals surface area contributed by atoms with Crippen LogP contribution in [0.2, 0.25) is 0 Å². The molecule has 29 heavy (non-hydrogen) atoms. The average Bonchev–Trinajstić information content (AvgIpc) is 3.15. The molecular formula is C22H25FN4O2. The summed E-state index contributed by atoms with van der Waals surface area (Å²) >= 11 is 0. The Morgan fingerprint density at radius 1 is 1.24 bits per heavy atom. The molecule has 0 saturated carbocycles. The lowest BCUT2D eigenvalue weighted by atomic mass is 9.94. The predicted octanol–water partition coefficient (Wildman–Crippen LogP) is 3.94. The van der Waals surface area contributed by atoms with Crippen LogP contribution in [0.15, 0.2) is 64.1 Å². The van der Waals surface area contributed by atoms with E-state index in [0.717, 1.165) is 16.8 Å². The van der Waals surface area contributed by atoms with E-state index < -0.39 is 0 Å². The maximum absolute atomic E-state index is 13.9. The summed E-state index contributed by atoms with van der Waals surface area (Å²) < 4.78 is 19.2.